The molecule has 2 rings (SSSR count). The molecule has 0 heterocycles. The SMILES string of the molecule is CCN(CC)CCNC(=O)c1cccc2cc(Cl)ccc12. The predicted octanol–water partition coefficient (Wildman–Crippen LogP) is 3.56. The quantitative estimate of drug-likeness (QED) is 0.885. The molecule has 0 spiro atoms. The lowest BCUT2D eigenvalue weighted by Gasteiger charge is -2.18. The third kappa shape index (κ3) is 3.96. The molecule has 0 atom stereocenters. The van der Waals surface area contributed by atoms with Gasteiger partial charge in [0.15, 0.2) is 0 Å². The van der Waals surface area contributed by atoms with E-state index >= 15 is 0 Å². The number of likely N-dealkylation sites (N-methyl/N-ethyl adjacent to an activating group) is 1. The van der Waals surface area contributed by atoms with Gasteiger partial charge >= 0.3 is 0 Å². The van der Waals surface area contributed by atoms with Crippen LogP contribution in [0.5, 0.6) is 0 Å². The van der Waals surface area contributed by atoms with Gasteiger partial charge in [-0.25, -0.2) is 0 Å². The third-order valence-corrected chi connectivity index (χ3v) is 3.93. The van der Waals surface area contributed by atoms with E-state index in [-0.39, 0.29) is 5.91 Å². The highest BCUT2D eigenvalue weighted by Crippen LogP contribution is 2.22. The minimum absolute atomic E-state index is 0.0323. The maximum Gasteiger partial charge on any atom is 0.251 e. The fraction of sp³-hybridized carbons (Fsp3) is 0.353. The fourth-order valence-corrected chi connectivity index (χ4v) is 2.60. The number of halogens is 1. The molecule has 0 aliphatic rings. The zero-order valence-corrected chi connectivity index (χ0v) is 13.3. The number of carbonyl (C=O) groups is 1. The van der Waals surface area contributed by atoms with Crippen molar-refractivity contribution in [3.63, 3.8) is 0 Å². The zero-order chi connectivity index (χ0) is 15.2. The molecule has 0 fully saturated rings. The summed E-state index contributed by atoms with van der Waals surface area (Å²) >= 11 is 5.99. The molecule has 2 aromatic rings. The molecule has 21 heavy (non-hydrogen) atoms. The van der Waals surface area contributed by atoms with Gasteiger partial charge in [0.2, 0.25) is 0 Å². The van der Waals surface area contributed by atoms with E-state index in [4.69, 9.17) is 11.6 Å². The predicted molar refractivity (Wildman–Crippen MR) is 89.1 cm³/mol. The van der Waals surface area contributed by atoms with Crippen LogP contribution in [0.15, 0.2) is 36.4 Å². The maximum atomic E-state index is 12.3. The number of nitrogens with zero attached hydrogens (tertiary/aromatic N) is 1. The molecule has 0 radical (unpaired) electrons. The normalized spacial score (nSPS) is 11.0. The van der Waals surface area contributed by atoms with Gasteiger partial charge in [-0.2, -0.15) is 0 Å². The largest absolute Gasteiger partial charge is 0.351 e. The van der Waals surface area contributed by atoms with Crippen molar-refractivity contribution in [2.45, 2.75) is 13.8 Å². The van der Waals surface area contributed by atoms with Gasteiger partial charge in [0.05, 0.1) is 0 Å². The fourth-order valence-electron chi connectivity index (χ4n) is 2.42. The minimum Gasteiger partial charge on any atom is -0.351 e. The summed E-state index contributed by atoms with van der Waals surface area (Å²) in [6, 6.07) is 11.3. The van der Waals surface area contributed by atoms with Crippen LogP contribution >= 0.6 is 11.6 Å². The first-order valence-electron chi connectivity index (χ1n) is 7.34. The van der Waals surface area contributed by atoms with E-state index in [1.54, 1.807) is 0 Å². The zero-order valence-electron chi connectivity index (χ0n) is 12.5. The number of amides is 1. The first-order chi connectivity index (χ1) is 10.2. The van der Waals surface area contributed by atoms with Gasteiger partial charge in [-0.3, -0.25) is 4.79 Å². The monoisotopic (exact) mass is 304 g/mol. The summed E-state index contributed by atoms with van der Waals surface area (Å²) in [6.07, 6.45) is 0. The summed E-state index contributed by atoms with van der Waals surface area (Å²) in [7, 11) is 0. The highest BCUT2D eigenvalue weighted by atomic mass is 35.5. The second kappa shape index (κ2) is 7.43. The van der Waals surface area contributed by atoms with Gasteiger partial charge in [-0.1, -0.05) is 43.6 Å². The number of hydrogen-bond acceptors (Lipinski definition) is 2. The van der Waals surface area contributed by atoms with Crippen molar-refractivity contribution in [2.24, 2.45) is 0 Å². The van der Waals surface area contributed by atoms with E-state index < -0.39 is 0 Å². The van der Waals surface area contributed by atoms with Crippen molar-refractivity contribution in [3.05, 3.63) is 47.0 Å². The lowest BCUT2D eigenvalue weighted by molar-refractivity contribution is 0.0950. The van der Waals surface area contributed by atoms with Crippen molar-refractivity contribution in [1.82, 2.24) is 10.2 Å². The molecule has 3 nitrogen and oxygen atoms in total. The van der Waals surface area contributed by atoms with Crippen LogP contribution in [0.1, 0.15) is 24.2 Å². The summed E-state index contributed by atoms with van der Waals surface area (Å²) < 4.78 is 0. The molecule has 0 saturated carbocycles. The Labute approximate surface area is 130 Å². The highest BCUT2D eigenvalue weighted by Gasteiger charge is 2.10. The van der Waals surface area contributed by atoms with Crippen LogP contribution in [0.3, 0.4) is 0 Å². The summed E-state index contributed by atoms with van der Waals surface area (Å²) in [4.78, 5) is 14.6. The first kappa shape index (κ1) is 15.8. The van der Waals surface area contributed by atoms with E-state index in [1.165, 1.54) is 0 Å². The lowest BCUT2D eigenvalue weighted by Crippen LogP contribution is -2.34. The molecular formula is C17H21ClN2O. The highest BCUT2D eigenvalue weighted by molar-refractivity contribution is 6.31. The topological polar surface area (TPSA) is 32.3 Å². The Bertz CT molecular complexity index is 623. The van der Waals surface area contributed by atoms with Gasteiger partial charge in [0.1, 0.15) is 0 Å². The smallest absolute Gasteiger partial charge is 0.251 e. The number of nitrogens with one attached hydrogen (secondary N) is 1. The Hall–Kier alpha value is -1.58. The van der Waals surface area contributed by atoms with Gasteiger partial charge < -0.3 is 10.2 Å². The molecular weight excluding hydrogens is 284 g/mol. The second-order valence-electron chi connectivity index (χ2n) is 4.95. The van der Waals surface area contributed by atoms with Crippen molar-refractivity contribution < 1.29 is 4.79 Å². The Balaban J connectivity index is 2.09. The first-order valence-corrected chi connectivity index (χ1v) is 7.72. The molecule has 112 valence electrons. The average Bonchev–Trinajstić information content (AvgIpc) is 2.50. The van der Waals surface area contributed by atoms with Crippen LogP contribution in [-0.4, -0.2) is 37.0 Å². The van der Waals surface area contributed by atoms with Crippen LogP contribution in [0.4, 0.5) is 0 Å². The van der Waals surface area contributed by atoms with Crippen molar-refractivity contribution in [2.75, 3.05) is 26.2 Å². The van der Waals surface area contributed by atoms with Gasteiger partial charge in [-0.15, -0.1) is 0 Å². The summed E-state index contributed by atoms with van der Waals surface area (Å²) in [5.74, 6) is -0.0323. The number of benzene rings is 2. The Morgan fingerprint density at radius 3 is 2.67 bits per heavy atom. The Kier molecular flexibility index (Phi) is 5.59. The van der Waals surface area contributed by atoms with Crippen LogP contribution in [-0.2, 0) is 0 Å². The van der Waals surface area contributed by atoms with Crippen molar-refractivity contribution in [1.29, 1.82) is 0 Å². The van der Waals surface area contributed by atoms with Crippen LogP contribution < -0.4 is 5.32 Å². The van der Waals surface area contributed by atoms with Crippen molar-refractivity contribution in [3.8, 4) is 0 Å². The molecule has 2 aromatic carbocycles. The summed E-state index contributed by atoms with van der Waals surface area (Å²) in [5, 5.41) is 5.59. The molecule has 0 saturated heterocycles. The Morgan fingerprint density at radius 1 is 1.19 bits per heavy atom. The number of carbonyl (C=O) groups excluding carboxylic acids is 1. The number of hydrogen-bond donors (Lipinski definition) is 1. The van der Waals surface area contributed by atoms with E-state index in [0.29, 0.717) is 17.1 Å². The molecule has 0 bridgehead atoms. The molecule has 4 heteroatoms. The van der Waals surface area contributed by atoms with Gasteiger partial charge in [0.25, 0.3) is 5.91 Å². The Morgan fingerprint density at radius 2 is 1.95 bits per heavy atom. The molecule has 1 amide bonds. The number of fused-ring (bicyclic) bond motifs is 1. The van der Waals surface area contributed by atoms with Crippen LogP contribution in [0.2, 0.25) is 5.02 Å². The van der Waals surface area contributed by atoms with Crippen LogP contribution in [0, 0.1) is 0 Å². The van der Waals surface area contributed by atoms with Gasteiger partial charge in [-0.05, 0) is 42.1 Å². The molecule has 0 aliphatic carbocycles. The maximum absolute atomic E-state index is 12.3. The van der Waals surface area contributed by atoms with E-state index in [0.717, 1.165) is 30.4 Å². The van der Waals surface area contributed by atoms with E-state index in [9.17, 15) is 4.79 Å². The average molecular weight is 305 g/mol. The molecule has 0 aliphatic heterocycles. The van der Waals surface area contributed by atoms with Crippen molar-refractivity contribution >= 4 is 28.3 Å². The second-order valence-corrected chi connectivity index (χ2v) is 5.39. The van der Waals surface area contributed by atoms with Crippen LogP contribution in [0.25, 0.3) is 10.8 Å². The van der Waals surface area contributed by atoms with Gasteiger partial charge in [0, 0.05) is 23.7 Å². The lowest BCUT2D eigenvalue weighted by atomic mass is 10.0. The molecule has 0 aromatic heterocycles. The molecule has 1 N–H and O–H groups in total. The van der Waals surface area contributed by atoms with E-state index in [1.807, 2.05) is 36.4 Å². The summed E-state index contributed by atoms with van der Waals surface area (Å²) in [5.41, 5.74) is 0.698. The third-order valence-electron chi connectivity index (χ3n) is 3.70. The minimum atomic E-state index is -0.0323. The summed E-state index contributed by atoms with van der Waals surface area (Å²) in [6.45, 7) is 7.78. The standard InChI is InChI=1S/C17H21ClN2O/c1-3-20(4-2)11-10-19-17(21)16-7-5-6-13-12-14(18)8-9-15(13)16/h5-9,12H,3-4,10-11H2,1-2H3,(H,19,21). The molecule has 0 unspecified atom stereocenters. The van der Waals surface area contributed by atoms with E-state index in [2.05, 4.69) is 24.1 Å². The number of rotatable bonds is 6.